The first-order chi connectivity index (χ1) is 9.65. The maximum Gasteiger partial charge on any atom is 0.306 e. The van der Waals surface area contributed by atoms with Gasteiger partial charge in [0, 0.05) is 31.7 Å². The summed E-state index contributed by atoms with van der Waals surface area (Å²) < 4.78 is 10.3. The molecule has 1 aromatic heterocycles. The molecular weight excluding hydrogens is 258 g/mol. The van der Waals surface area contributed by atoms with Crippen molar-refractivity contribution in [3.05, 3.63) is 23.9 Å². The molecule has 1 N–H and O–H groups in total. The summed E-state index contributed by atoms with van der Waals surface area (Å²) >= 11 is 0. The first kappa shape index (κ1) is 16.4. The lowest BCUT2D eigenvalue weighted by atomic mass is 9.99. The van der Waals surface area contributed by atoms with Gasteiger partial charge in [-0.05, 0) is 24.8 Å². The Morgan fingerprint density at radius 2 is 2.25 bits per heavy atom. The van der Waals surface area contributed by atoms with Crippen LogP contribution in [0.15, 0.2) is 18.3 Å². The van der Waals surface area contributed by atoms with Gasteiger partial charge in [0.15, 0.2) is 0 Å². The highest BCUT2D eigenvalue weighted by molar-refractivity contribution is 5.69. The fourth-order valence-electron chi connectivity index (χ4n) is 1.84. The fourth-order valence-corrected chi connectivity index (χ4v) is 1.84. The van der Waals surface area contributed by atoms with E-state index in [1.807, 2.05) is 26.0 Å². The van der Waals surface area contributed by atoms with Gasteiger partial charge < -0.3 is 14.6 Å². The van der Waals surface area contributed by atoms with Gasteiger partial charge in [0.25, 0.3) is 0 Å². The molecule has 0 saturated carbocycles. The van der Waals surface area contributed by atoms with Gasteiger partial charge in [-0.2, -0.15) is 0 Å². The number of aliphatic hydroxyl groups excluding tert-OH is 1. The molecule has 0 bridgehead atoms. The topological polar surface area (TPSA) is 68.7 Å². The zero-order valence-corrected chi connectivity index (χ0v) is 12.2. The normalized spacial score (nSPS) is 11.9. The van der Waals surface area contributed by atoms with Crippen LogP contribution in [0.4, 0.5) is 0 Å². The molecule has 20 heavy (non-hydrogen) atoms. The lowest BCUT2D eigenvalue weighted by molar-refractivity contribution is -0.144. The fraction of sp³-hybridized carbons (Fsp3) is 0.600. The lowest BCUT2D eigenvalue weighted by Crippen LogP contribution is -2.11. The smallest absolute Gasteiger partial charge is 0.306 e. The van der Waals surface area contributed by atoms with Crippen molar-refractivity contribution in [2.45, 2.75) is 33.1 Å². The predicted molar refractivity (Wildman–Crippen MR) is 75.6 cm³/mol. The van der Waals surface area contributed by atoms with Gasteiger partial charge in [-0.3, -0.25) is 4.79 Å². The Bertz CT molecular complexity index is 391. The summed E-state index contributed by atoms with van der Waals surface area (Å²) in [5, 5.41) is 8.66. The van der Waals surface area contributed by atoms with Crippen molar-refractivity contribution in [3.8, 4) is 5.88 Å². The van der Waals surface area contributed by atoms with Crippen molar-refractivity contribution in [2.24, 2.45) is 5.92 Å². The molecule has 0 aliphatic heterocycles. The number of rotatable bonds is 9. The molecule has 1 heterocycles. The van der Waals surface area contributed by atoms with Crippen molar-refractivity contribution >= 4 is 5.97 Å². The molecule has 0 aliphatic carbocycles. The standard InChI is InChI=1S/C15H23NO4/c1-3-19-15(18)10-12(2)9-13-5-6-14(16-11-13)20-8-4-7-17/h5-6,11-12,17H,3-4,7-10H2,1-2H3. The number of hydrogen-bond donors (Lipinski definition) is 1. The largest absolute Gasteiger partial charge is 0.478 e. The van der Waals surface area contributed by atoms with E-state index in [9.17, 15) is 4.79 Å². The van der Waals surface area contributed by atoms with Gasteiger partial charge in [-0.15, -0.1) is 0 Å². The number of nitrogens with zero attached hydrogens (tertiary/aromatic N) is 1. The van der Waals surface area contributed by atoms with E-state index in [4.69, 9.17) is 14.6 Å². The van der Waals surface area contributed by atoms with E-state index in [1.165, 1.54) is 0 Å². The van der Waals surface area contributed by atoms with E-state index in [0.29, 0.717) is 31.9 Å². The maximum atomic E-state index is 11.4. The van der Waals surface area contributed by atoms with Gasteiger partial charge in [-0.25, -0.2) is 4.98 Å². The number of aromatic nitrogens is 1. The molecule has 0 fully saturated rings. The summed E-state index contributed by atoms with van der Waals surface area (Å²) in [4.78, 5) is 15.6. The van der Waals surface area contributed by atoms with Crippen LogP contribution in [0.25, 0.3) is 0 Å². The van der Waals surface area contributed by atoms with Crippen molar-refractivity contribution in [1.29, 1.82) is 0 Å². The molecule has 1 rings (SSSR count). The predicted octanol–water partition coefficient (Wildman–Crippen LogP) is 1.97. The van der Waals surface area contributed by atoms with Crippen LogP contribution in [0.3, 0.4) is 0 Å². The quantitative estimate of drug-likeness (QED) is 0.553. The summed E-state index contributed by atoms with van der Waals surface area (Å²) in [5.74, 6) is 0.620. The lowest BCUT2D eigenvalue weighted by Gasteiger charge is -2.11. The van der Waals surface area contributed by atoms with Crippen LogP contribution in [0.5, 0.6) is 5.88 Å². The monoisotopic (exact) mass is 281 g/mol. The van der Waals surface area contributed by atoms with E-state index in [2.05, 4.69) is 4.98 Å². The Balaban J connectivity index is 2.38. The van der Waals surface area contributed by atoms with Crippen LogP contribution in [-0.2, 0) is 16.0 Å². The minimum atomic E-state index is -0.156. The van der Waals surface area contributed by atoms with E-state index >= 15 is 0 Å². The number of carbonyl (C=O) groups is 1. The first-order valence-electron chi connectivity index (χ1n) is 7.00. The third-order valence-corrected chi connectivity index (χ3v) is 2.75. The highest BCUT2D eigenvalue weighted by Crippen LogP contribution is 2.14. The maximum absolute atomic E-state index is 11.4. The number of esters is 1. The third-order valence-electron chi connectivity index (χ3n) is 2.75. The zero-order chi connectivity index (χ0) is 14.8. The van der Waals surface area contributed by atoms with Gasteiger partial charge >= 0.3 is 5.97 Å². The molecule has 0 spiro atoms. The molecule has 0 aliphatic rings. The molecular formula is C15H23NO4. The summed E-state index contributed by atoms with van der Waals surface area (Å²) in [7, 11) is 0. The summed E-state index contributed by atoms with van der Waals surface area (Å²) in [6.45, 7) is 4.82. The number of carbonyl (C=O) groups excluding carboxylic acids is 1. The van der Waals surface area contributed by atoms with Crippen molar-refractivity contribution < 1.29 is 19.4 Å². The van der Waals surface area contributed by atoms with E-state index in [1.54, 1.807) is 6.20 Å². The number of pyridine rings is 1. The molecule has 0 radical (unpaired) electrons. The van der Waals surface area contributed by atoms with Crippen molar-refractivity contribution in [1.82, 2.24) is 4.98 Å². The number of ether oxygens (including phenoxy) is 2. The summed E-state index contributed by atoms with van der Waals surface area (Å²) in [6, 6.07) is 3.76. The highest BCUT2D eigenvalue weighted by Gasteiger charge is 2.11. The zero-order valence-electron chi connectivity index (χ0n) is 12.2. The second-order valence-corrected chi connectivity index (χ2v) is 4.75. The SMILES string of the molecule is CCOC(=O)CC(C)Cc1ccc(OCCCO)nc1. The van der Waals surface area contributed by atoms with Crippen LogP contribution in [0.2, 0.25) is 0 Å². The van der Waals surface area contributed by atoms with E-state index in [0.717, 1.165) is 12.0 Å². The average Bonchev–Trinajstić information content (AvgIpc) is 2.41. The van der Waals surface area contributed by atoms with Gasteiger partial charge in [0.2, 0.25) is 5.88 Å². The van der Waals surface area contributed by atoms with Crippen LogP contribution < -0.4 is 4.74 Å². The minimum absolute atomic E-state index is 0.115. The van der Waals surface area contributed by atoms with E-state index in [-0.39, 0.29) is 18.5 Å². The van der Waals surface area contributed by atoms with Crippen molar-refractivity contribution in [3.63, 3.8) is 0 Å². The highest BCUT2D eigenvalue weighted by atomic mass is 16.5. The molecule has 5 heteroatoms. The Morgan fingerprint density at radius 1 is 1.45 bits per heavy atom. The molecule has 112 valence electrons. The molecule has 5 nitrogen and oxygen atoms in total. The first-order valence-corrected chi connectivity index (χ1v) is 7.00. The second-order valence-electron chi connectivity index (χ2n) is 4.75. The third kappa shape index (κ3) is 6.52. The Hall–Kier alpha value is -1.62. The minimum Gasteiger partial charge on any atom is -0.478 e. The van der Waals surface area contributed by atoms with Gasteiger partial charge in [-0.1, -0.05) is 13.0 Å². The van der Waals surface area contributed by atoms with Crippen LogP contribution in [-0.4, -0.2) is 35.9 Å². The van der Waals surface area contributed by atoms with Crippen LogP contribution >= 0.6 is 0 Å². The molecule has 1 aromatic rings. The molecule has 0 aromatic carbocycles. The van der Waals surface area contributed by atoms with Crippen LogP contribution in [0.1, 0.15) is 32.3 Å². The number of aliphatic hydroxyl groups is 1. The Morgan fingerprint density at radius 3 is 2.85 bits per heavy atom. The van der Waals surface area contributed by atoms with Crippen LogP contribution in [0, 0.1) is 5.92 Å². The average molecular weight is 281 g/mol. The van der Waals surface area contributed by atoms with Gasteiger partial charge in [0.05, 0.1) is 13.2 Å². The summed E-state index contributed by atoms with van der Waals surface area (Å²) in [6.07, 6.45) is 3.56. The van der Waals surface area contributed by atoms with Crippen molar-refractivity contribution in [2.75, 3.05) is 19.8 Å². The number of hydrogen-bond acceptors (Lipinski definition) is 5. The molecule has 1 atom stereocenters. The molecule has 0 amide bonds. The molecule has 0 saturated heterocycles. The Kier molecular flexibility index (Phi) is 7.65. The summed E-state index contributed by atoms with van der Waals surface area (Å²) in [5.41, 5.74) is 1.07. The van der Waals surface area contributed by atoms with Gasteiger partial charge in [0.1, 0.15) is 0 Å². The Labute approximate surface area is 119 Å². The second kappa shape index (κ2) is 9.31. The van der Waals surface area contributed by atoms with E-state index < -0.39 is 0 Å². The molecule has 1 unspecified atom stereocenters.